The predicted molar refractivity (Wildman–Crippen MR) is 77.8 cm³/mol. The van der Waals surface area contributed by atoms with Gasteiger partial charge in [0.05, 0.1) is 27.2 Å². The Morgan fingerprint density at radius 2 is 1.95 bits per heavy atom. The summed E-state index contributed by atoms with van der Waals surface area (Å²) < 4.78 is 39.8. The van der Waals surface area contributed by atoms with Crippen LogP contribution in [0.3, 0.4) is 0 Å². The molecule has 0 aliphatic heterocycles. The molecule has 8 heteroatoms. The van der Waals surface area contributed by atoms with Gasteiger partial charge in [0, 0.05) is 5.69 Å². The number of nitrogens with one attached hydrogen (secondary N) is 1. The van der Waals surface area contributed by atoms with Crippen LogP contribution < -0.4 is 10.5 Å². The standard InChI is InChI=1S/C13H9ClFN3O2S/c14-12-3-8(7-16)1-2-13(12)18-21(19,20)11-5-9(15)4-10(17)6-11/h1-6,18H,17H2. The highest BCUT2D eigenvalue weighted by molar-refractivity contribution is 7.92. The maximum absolute atomic E-state index is 13.2. The minimum absolute atomic E-state index is 0.0127. The molecule has 0 unspecified atom stereocenters. The number of nitrogens with zero attached hydrogens (tertiary/aromatic N) is 1. The Morgan fingerprint density at radius 1 is 1.24 bits per heavy atom. The lowest BCUT2D eigenvalue weighted by molar-refractivity contribution is 0.595. The van der Waals surface area contributed by atoms with E-state index in [9.17, 15) is 12.8 Å². The molecule has 0 heterocycles. The molecule has 21 heavy (non-hydrogen) atoms. The number of nitrogen functional groups attached to an aromatic ring is 1. The lowest BCUT2D eigenvalue weighted by atomic mass is 10.2. The molecular formula is C13H9ClFN3O2S. The number of hydrogen-bond donors (Lipinski definition) is 2. The van der Waals surface area contributed by atoms with Crippen molar-refractivity contribution in [3.8, 4) is 6.07 Å². The predicted octanol–water partition coefficient (Wildman–Crippen LogP) is 2.73. The van der Waals surface area contributed by atoms with Gasteiger partial charge in [0.1, 0.15) is 5.82 Å². The van der Waals surface area contributed by atoms with Gasteiger partial charge in [-0.25, -0.2) is 12.8 Å². The van der Waals surface area contributed by atoms with Gasteiger partial charge in [-0.1, -0.05) is 11.6 Å². The summed E-state index contributed by atoms with van der Waals surface area (Å²) in [5.74, 6) is -0.763. The van der Waals surface area contributed by atoms with E-state index in [1.54, 1.807) is 0 Å². The Kier molecular flexibility index (Phi) is 4.02. The van der Waals surface area contributed by atoms with Crippen LogP contribution in [0, 0.1) is 17.1 Å². The molecule has 108 valence electrons. The first-order valence-corrected chi connectivity index (χ1v) is 7.46. The largest absolute Gasteiger partial charge is 0.399 e. The summed E-state index contributed by atoms with van der Waals surface area (Å²) in [7, 11) is -4.04. The van der Waals surface area contributed by atoms with Crippen molar-refractivity contribution in [3.05, 3.63) is 52.8 Å². The van der Waals surface area contributed by atoms with E-state index in [0.29, 0.717) is 0 Å². The first-order valence-electron chi connectivity index (χ1n) is 5.60. The van der Waals surface area contributed by atoms with Crippen molar-refractivity contribution in [2.45, 2.75) is 4.90 Å². The minimum atomic E-state index is -4.04. The third-order valence-electron chi connectivity index (χ3n) is 2.55. The lowest BCUT2D eigenvalue weighted by Crippen LogP contribution is -2.14. The molecule has 0 aliphatic rings. The zero-order valence-corrected chi connectivity index (χ0v) is 12.0. The van der Waals surface area contributed by atoms with Crippen LogP contribution in [0.1, 0.15) is 5.56 Å². The van der Waals surface area contributed by atoms with Crippen LogP contribution in [0.25, 0.3) is 0 Å². The number of sulfonamides is 1. The van der Waals surface area contributed by atoms with Gasteiger partial charge in [0.25, 0.3) is 10.0 Å². The summed E-state index contributed by atoms with van der Waals surface area (Å²) in [5, 5.41) is 8.78. The molecule has 3 N–H and O–H groups in total. The fourth-order valence-corrected chi connectivity index (χ4v) is 3.04. The average Bonchev–Trinajstić information content (AvgIpc) is 2.40. The molecule has 0 fully saturated rings. The maximum atomic E-state index is 13.2. The molecule has 0 amide bonds. The smallest absolute Gasteiger partial charge is 0.262 e. The second kappa shape index (κ2) is 5.60. The van der Waals surface area contributed by atoms with Gasteiger partial charge in [-0.3, -0.25) is 4.72 Å². The molecule has 0 spiro atoms. The third kappa shape index (κ3) is 3.42. The first-order chi connectivity index (χ1) is 9.81. The van der Waals surface area contributed by atoms with E-state index >= 15 is 0 Å². The van der Waals surface area contributed by atoms with Crippen LogP contribution in [-0.2, 0) is 10.0 Å². The molecule has 2 aromatic carbocycles. The van der Waals surface area contributed by atoms with E-state index in [-0.39, 0.29) is 26.9 Å². The Morgan fingerprint density at radius 3 is 2.52 bits per heavy atom. The van der Waals surface area contributed by atoms with E-state index in [1.165, 1.54) is 18.2 Å². The molecule has 2 aromatic rings. The van der Waals surface area contributed by atoms with Crippen LogP contribution in [-0.4, -0.2) is 8.42 Å². The van der Waals surface area contributed by atoms with Crippen LogP contribution in [0.5, 0.6) is 0 Å². The number of benzene rings is 2. The molecular weight excluding hydrogens is 317 g/mol. The SMILES string of the molecule is N#Cc1ccc(NS(=O)(=O)c2cc(N)cc(F)c2)c(Cl)c1. The van der Waals surface area contributed by atoms with Crippen LogP contribution in [0.2, 0.25) is 5.02 Å². The monoisotopic (exact) mass is 325 g/mol. The molecule has 2 rings (SSSR count). The van der Waals surface area contributed by atoms with Gasteiger partial charge < -0.3 is 5.73 Å². The van der Waals surface area contributed by atoms with Crippen molar-refractivity contribution < 1.29 is 12.8 Å². The molecule has 5 nitrogen and oxygen atoms in total. The fraction of sp³-hybridized carbons (Fsp3) is 0. The number of nitriles is 1. The van der Waals surface area contributed by atoms with Crippen LogP contribution in [0.4, 0.5) is 15.8 Å². The zero-order chi connectivity index (χ0) is 15.6. The molecule has 0 aromatic heterocycles. The lowest BCUT2D eigenvalue weighted by Gasteiger charge is -2.10. The summed E-state index contributed by atoms with van der Waals surface area (Å²) in [6.45, 7) is 0. The summed E-state index contributed by atoms with van der Waals surface area (Å²) in [5.41, 5.74) is 5.78. The van der Waals surface area contributed by atoms with E-state index in [4.69, 9.17) is 22.6 Å². The second-order valence-electron chi connectivity index (χ2n) is 4.13. The minimum Gasteiger partial charge on any atom is -0.399 e. The first kappa shape index (κ1) is 15.1. The number of nitrogens with two attached hydrogens (primary N) is 1. The summed E-state index contributed by atoms with van der Waals surface area (Å²) in [6, 6.07) is 8.93. The number of halogens is 2. The van der Waals surface area contributed by atoms with Crippen molar-refractivity contribution in [3.63, 3.8) is 0 Å². The quantitative estimate of drug-likeness (QED) is 0.848. The van der Waals surface area contributed by atoms with Crippen molar-refractivity contribution in [1.82, 2.24) is 0 Å². The van der Waals surface area contributed by atoms with Gasteiger partial charge in [0.15, 0.2) is 0 Å². The van der Waals surface area contributed by atoms with E-state index in [0.717, 1.165) is 18.2 Å². The van der Waals surface area contributed by atoms with Gasteiger partial charge in [-0.15, -0.1) is 0 Å². The molecule has 0 bridgehead atoms. The molecule has 0 radical (unpaired) electrons. The van der Waals surface area contributed by atoms with E-state index in [1.807, 2.05) is 6.07 Å². The van der Waals surface area contributed by atoms with E-state index in [2.05, 4.69) is 4.72 Å². The molecule has 0 saturated heterocycles. The van der Waals surface area contributed by atoms with Crippen molar-refractivity contribution in [2.24, 2.45) is 0 Å². The van der Waals surface area contributed by atoms with E-state index < -0.39 is 15.8 Å². The fourth-order valence-electron chi connectivity index (χ4n) is 1.61. The van der Waals surface area contributed by atoms with Gasteiger partial charge in [0.2, 0.25) is 0 Å². The maximum Gasteiger partial charge on any atom is 0.262 e. The highest BCUT2D eigenvalue weighted by atomic mass is 35.5. The van der Waals surface area contributed by atoms with Gasteiger partial charge >= 0.3 is 0 Å². The Labute approximate surface area is 125 Å². The Balaban J connectivity index is 2.40. The normalized spacial score (nSPS) is 10.9. The second-order valence-corrected chi connectivity index (χ2v) is 6.22. The van der Waals surface area contributed by atoms with Crippen LogP contribution >= 0.6 is 11.6 Å². The summed E-state index contributed by atoms with van der Waals surface area (Å²) in [6.07, 6.45) is 0. The van der Waals surface area contributed by atoms with Crippen molar-refractivity contribution >= 4 is 33.0 Å². The zero-order valence-electron chi connectivity index (χ0n) is 10.5. The number of rotatable bonds is 3. The van der Waals surface area contributed by atoms with Gasteiger partial charge in [-0.05, 0) is 36.4 Å². The molecule has 0 atom stereocenters. The Bertz CT molecular complexity index is 827. The topological polar surface area (TPSA) is 96.0 Å². The average molecular weight is 326 g/mol. The van der Waals surface area contributed by atoms with Gasteiger partial charge in [-0.2, -0.15) is 5.26 Å². The molecule has 0 saturated carbocycles. The third-order valence-corrected chi connectivity index (χ3v) is 4.20. The summed E-state index contributed by atoms with van der Waals surface area (Å²) in [4.78, 5) is -0.319. The highest BCUT2D eigenvalue weighted by Gasteiger charge is 2.17. The highest BCUT2D eigenvalue weighted by Crippen LogP contribution is 2.26. The van der Waals surface area contributed by atoms with Crippen LogP contribution in [0.15, 0.2) is 41.3 Å². The van der Waals surface area contributed by atoms with Crippen molar-refractivity contribution in [2.75, 3.05) is 10.5 Å². The summed E-state index contributed by atoms with van der Waals surface area (Å²) >= 11 is 5.89. The van der Waals surface area contributed by atoms with Crippen molar-refractivity contribution in [1.29, 1.82) is 5.26 Å². The molecule has 0 aliphatic carbocycles. The Hall–Kier alpha value is -2.30. The number of hydrogen-bond acceptors (Lipinski definition) is 4. The number of anilines is 2.